The molecule has 0 saturated heterocycles. The molecule has 0 bridgehead atoms. The maximum absolute atomic E-state index is 12.2. The Labute approximate surface area is 110 Å². The first-order valence-electron chi connectivity index (χ1n) is 6.09. The third kappa shape index (κ3) is 2.31. The van der Waals surface area contributed by atoms with Crippen LogP contribution < -0.4 is 11.3 Å². The number of carbonyl (C=O) groups is 1. The fourth-order valence-electron chi connectivity index (χ4n) is 2.06. The van der Waals surface area contributed by atoms with Crippen molar-refractivity contribution >= 4 is 22.6 Å². The summed E-state index contributed by atoms with van der Waals surface area (Å²) in [6, 6.07) is 7.25. The van der Waals surface area contributed by atoms with Crippen molar-refractivity contribution in [3.05, 3.63) is 40.2 Å². The Hall–Kier alpha value is -2.30. The van der Waals surface area contributed by atoms with Gasteiger partial charge in [0, 0.05) is 16.6 Å². The van der Waals surface area contributed by atoms with Gasteiger partial charge in [0.15, 0.2) is 0 Å². The zero-order valence-electron chi connectivity index (χ0n) is 11.0. The second kappa shape index (κ2) is 5.14. The quantitative estimate of drug-likeness (QED) is 0.848. The smallest absolute Gasteiger partial charge is 0.326 e. The average Bonchev–Trinajstić information content (AvgIpc) is 2.41. The van der Waals surface area contributed by atoms with Crippen molar-refractivity contribution < 1.29 is 9.53 Å². The van der Waals surface area contributed by atoms with Crippen molar-refractivity contribution in [3.63, 3.8) is 0 Å². The first-order valence-corrected chi connectivity index (χ1v) is 6.09. The molecule has 0 radical (unpaired) electrons. The zero-order valence-corrected chi connectivity index (χ0v) is 11.0. The number of rotatable bonds is 3. The van der Waals surface area contributed by atoms with Gasteiger partial charge in [0.1, 0.15) is 6.54 Å². The molecule has 1 aromatic carbocycles. The highest BCUT2D eigenvalue weighted by atomic mass is 16.5. The second-order valence-corrected chi connectivity index (χ2v) is 4.25. The number of hydrogen-bond acceptors (Lipinski definition) is 4. The van der Waals surface area contributed by atoms with Crippen LogP contribution in [0.25, 0.3) is 10.9 Å². The number of para-hydroxylation sites is 1. The number of anilines is 1. The van der Waals surface area contributed by atoms with Crippen LogP contribution in [0.5, 0.6) is 0 Å². The number of aromatic nitrogens is 1. The fourth-order valence-corrected chi connectivity index (χ4v) is 2.06. The van der Waals surface area contributed by atoms with Crippen LogP contribution in [-0.2, 0) is 16.1 Å². The number of pyridine rings is 1. The molecule has 0 amide bonds. The lowest BCUT2D eigenvalue weighted by molar-refractivity contribution is -0.143. The molecule has 0 aliphatic carbocycles. The topological polar surface area (TPSA) is 74.3 Å². The molecule has 100 valence electrons. The summed E-state index contributed by atoms with van der Waals surface area (Å²) in [4.78, 5) is 23.8. The number of nitrogen functional groups attached to an aromatic ring is 1. The number of ether oxygens (including phenoxy) is 1. The van der Waals surface area contributed by atoms with Crippen LogP contribution in [0, 0.1) is 6.92 Å². The maximum atomic E-state index is 12.2. The van der Waals surface area contributed by atoms with Gasteiger partial charge in [0.25, 0.3) is 5.56 Å². The number of hydrogen-bond donors (Lipinski definition) is 1. The van der Waals surface area contributed by atoms with Crippen molar-refractivity contribution in [1.29, 1.82) is 0 Å². The monoisotopic (exact) mass is 260 g/mol. The summed E-state index contributed by atoms with van der Waals surface area (Å²) in [6.07, 6.45) is 0. The molecule has 5 nitrogen and oxygen atoms in total. The minimum atomic E-state index is -0.432. The van der Waals surface area contributed by atoms with Crippen LogP contribution in [-0.4, -0.2) is 17.1 Å². The van der Waals surface area contributed by atoms with Crippen molar-refractivity contribution in [3.8, 4) is 0 Å². The summed E-state index contributed by atoms with van der Waals surface area (Å²) in [5, 5.41) is 0.767. The number of benzene rings is 1. The van der Waals surface area contributed by atoms with E-state index in [9.17, 15) is 9.59 Å². The minimum absolute atomic E-state index is 0.103. The van der Waals surface area contributed by atoms with E-state index in [2.05, 4.69) is 0 Å². The second-order valence-electron chi connectivity index (χ2n) is 4.25. The van der Waals surface area contributed by atoms with Gasteiger partial charge >= 0.3 is 5.97 Å². The number of fused-ring (bicyclic) bond motifs is 1. The van der Waals surface area contributed by atoms with Gasteiger partial charge in [-0.1, -0.05) is 18.2 Å². The molecule has 0 spiro atoms. The molecule has 19 heavy (non-hydrogen) atoms. The molecular formula is C14H16N2O3. The molecule has 2 rings (SSSR count). The maximum Gasteiger partial charge on any atom is 0.326 e. The summed E-state index contributed by atoms with van der Waals surface area (Å²) >= 11 is 0. The Bertz CT molecular complexity index is 689. The highest BCUT2D eigenvalue weighted by molar-refractivity contribution is 5.92. The average molecular weight is 260 g/mol. The van der Waals surface area contributed by atoms with Gasteiger partial charge in [-0.25, -0.2) is 0 Å². The van der Waals surface area contributed by atoms with E-state index in [0.29, 0.717) is 23.4 Å². The van der Waals surface area contributed by atoms with Crippen molar-refractivity contribution in [1.82, 2.24) is 4.57 Å². The number of esters is 1. The molecule has 2 aromatic rings. The molecule has 0 unspecified atom stereocenters. The van der Waals surface area contributed by atoms with Gasteiger partial charge in [-0.15, -0.1) is 0 Å². The lowest BCUT2D eigenvalue weighted by Gasteiger charge is -2.13. The summed E-state index contributed by atoms with van der Waals surface area (Å²) in [7, 11) is 0. The van der Waals surface area contributed by atoms with E-state index in [1.807, 2.05) is 12.1 Å². The largest absolute Gasteiger partial charge is 0.465 e. The van der Waals surface area contributed by atoms with E-state index < -0.39 is 5.97 Å². The lowest BCUT2D eigenvalue weighted by Crippen LogP contribution is -2.28. The molecule has 1 aromatic heterocycles. The van der Waals surface area contributed by atoms with Gasteiger partial charge in [-0.05, 0) is 19.9 Å². The van der Waals surface area contributed by atoms with Gasteiger partial charge in [-0.3, -0.25) is 14.2 Å². The van der Waals surface area contributed by atoms with Crippen LogP contribution >= 0.6 is 0 Å². The molecule has 1 heterocycles. The zero-order chi connectivity index (χ0) is 14.0. The van der Waals surface area contributed by atoms with E-state index in [0.717, 1.165) is 5.39 Å². The molecule has 0 atom stereocenters. The summed E-state index contributed by atoms with van der Waals surface area (Å²) in [5.74, 6) is -0.432. The van der Waals surface area contributed by atoms with Crippen LogP contribution in [0.15, 0.2) is 29.1 Å². The Balaban J connectivity index is 2.66. The Morgan fingerprint density at radius 3 is 2.74 bits per heavy atom. The number of carbonyl (C=O) groups excluding carboxylic acids is 1. The molecular weight excluding hydrogens is 244 g/mol. The van der Waals surface area contributed by atoms with Crippen molar-refractivity contribution in [2.45, 2.75) is 20.4 Å². The van der Waals surface area contributed by atoms with Crippen molar-refractivity contribution in [2.75, 3.05) is 12.3 Å². The normalized spacial score (nSPS) is 10.6. The standard InChI is InChI=1S/C14H16N2O3/c1-3-19-12(17)8-16-11-7-5-4-6-10(11)13(15)9(2)14(16)18/h4-7H,3,8,15H2,1-2H3. The van der Waals surface area contributed by atoms with Crippen molar-refractivity contribution in [2.24, 2.45) is 0 Å². The van der Waals surface area contributed by atoms with E-state index >= 15 is 0 Å². The van der Waals surface area contributed by atoms with Crippen LogP contribution in [0.3, 0.4) is 0 Å². The fraction of sp³-hybridized carbons (Fsp3) is 0.286. The van der Waals surface area contributed by atoms with E-state index in [4.69, 9.17) is 10.5 Å². The molecule has 0 saturated carbocycles. The summed E-state index contributed by atoms with van der Waals surface area (Å²) in [5.41, 5.74) is 7.24. The Morgan fingerprint density at radius 2 is 2.05 bits per heavy atom. The molecule has 0 aliphatic rings. The SMILES string of the molecule is CCOC(=O)Cn1c(=O)c(C)c(N)c2ccccc21. The lowest BCUT2D eigenvalue weighted by atomic mass is 10.1. The van der Waals surface area contributed by atoms with Gasteiger partial charge in [-0.2, -0.15) is 0 Å². The van der Waals surface area contributed by atoms with Crippen LogP contribution in [0.1, 0.15) is 12.5 Å². The third-order valence-corrected chi connectivity index (χ3v) is 3.05. The highest BCUT2D eigenvalue weighted by Crippen LogP contribution is 2.21. The van der Waals surface area contributed by atoms with E-state index in [1.54, 1.807) is 26.0 Å². The van der Waals surface area contributed by atoms with Crippen LogP contribution in [0.2, 0.25) is 0 Å². The molecule has 0 aliphatic heterocycles. The number of nitrogens with zero attached hydrogens (tertiary/aromatic N) is 1. The summed E-state index contributed by atoms with van der Waals surface area (Å²) in [6.45, 7) is 3.58. The first kappa shape index (κ1) is 13.1. The van der Waals surface area contributed by atoms with Gasteiger partial charge in [0.05, 0.1) is 12.1 Å². The van der Waals surface area contributed by atoms with Gasteiger partial charge < -0.3 is 10.5 Å². The number of nitrogens with two attached hydrogens (primary N) is 1. The van der Waals surface area contributed by atoms with Crippen LogP contribution in [0.4, 0.5) is 5.69 Å². The third-order valence-electron chi connectivity index (χ3n) is 3.05. The predicted octanol–water partition coefficient (Wildman–Crippen LogP) is 1.46. The summed E-state index contributed by atoms with van der Waals surface area (Å²) < 4.78 is 6.29. The molecule has 5 heteroatoms. The highest BCUT2D eigenvalue weighted by Gasteiger charge is 2.14. The van der Waals surface area contributed by atoms with Gasteiger partial charge in [0.2, 0.25) is 0 Å². The predicted molar refractivity (Wildman–Crippen MR) is 74.0 cm³/mol. The minimum Gasteiger partial charge on any atom is -0.465 e. The molecule has 2 N–H and O–H groups in total. The first-order chi connectivity index (χ1) is 9.06. The Morgan fingerprint density at radius 1 is 1.37 bits per heavy atom. The van der Waals surface area contributed by atoms with E-state index in [-0.39, 0.29) is 12.1 Å². The Kier molecular flexibility index (Phi) is 3.55. The van der Waals surface area contributed by atoms with E-state index in [1.165, 1.54) is 4.57 Å². The molecule has 0 fully saturated rings.